The summed E-state index contributed by atoms with van der Waals surface area (Å²) in [6.07, 6.45) is 1.68. The van der Waals surface area contributed by atoms with Crippen molar-refractivity contribution in [3.63, 3.8) is 0 Å². The molecule has 0 bridgehead atoms. The van der Waals surface area contributed by atoms with Crippen molar-refractivity contribution in [3.8, 4) is 6.07 Å². The zero-order valence-electron chi connectivity index (χ0n) is 10.3. The van der Waals surface area contributed by atoms with Crippen LogP contribution in [0.5, 0.6) is 0 Å². The van der Waals surface area contributed by atoms with Crippen LogP contribution in [-0.4, -0.2) is 33.5 Å². The Kier molecular flexibility index (Phi) is 4.03. The molecule has 1 fully saturated rings. The molecule has 1 aromatic rings. The fourth-order valence-corrected chi connectivity index (χ4v) is 3.71. The zero-order valence-corrected chi connectivity index (χ0v) is 11.1. The van der Waals surface area contributed by atoms with Gasteiger partial charge in [-0.15, -0.1) is 0 Å². The van der Waals surface area contributed by atoms with E-state index in [1.807, 2.05) is 23.9 Å². The van der Waals surface area contributed by atoms with E-state index in [9.17, 15) is 0 Å². The first kappa shape index (κ1) is 12.4. The third kappa shape index (κ3) is 3.21. The zero-order chi connectivity index (χ0) is 12.3. The van der Waals surface area contributed by atoms with E-state index in [0.717, 1.165) is 25.2 Å². The van der Waals surface area contributed by atoms with Gasteiger partial charge in [-0.2, -0.15) is 17.0 Å². The first-order valence-electron chi connectivity index (χ1n) is 5.91. The highest BCUT2D eigenvalue weighted by atomic mass is 32.2. The van der Waals surface area contributed by atoms with Gasteiger partial charge in [0.25, 0.3) is 0 Å². The van der Waals surface area contributed by atoms with Crippen LogP contribution in [-0.2, 0) is 6.54 Å². The minimum absolute atomic E-state index is 0.561. The predicted molar refractivity (Wildman–Crippen MR) is 70.7 cm³/mol. The number of rotatable bonds is 2. The van der Waals surface area contributed by atoms with E-state index in [2.05, 4.69) is 29.8 Å². The number of pyridine rings is 1. The topological polar surface area (TPSA) is 39.9 Å². The number of aromatic nitrogens is 1. The van der Waals surface area contributed by atoms with Crippen LogP contribution in [0.1, 0.15) is 25.1 Å². The largest absolute Gasteiger partial charge is 0.297 e. The molecule has 0 aromatic carbocycles. The van der Waals surface area contributed by atoms with Gasteiger partial charge in [0.1, 0.15) is 11.8 Å². The van der Waals surface area contributed by atoms with Crippen molar-refractivity contribution in [1.82, 2.24) is 9.88 Å². The van der Waals surface area contributed by atoms with Crippen LogP contribution >= 0.6 is 11.8 Å². The van der Waals surface area contributed by atoms with Gasteiger partial charge in [-0.3, -0.25) is 4.90 Å². The third-order valence-electron chi connectivity index (χ3n) is 2.89. The molecule has 1 saturated heterocycles. The Morgan fingerprint density at radius 2 is 2.18 bits per heavy atom. The van der Waals surface area contributed by atoms with Crippen molar-refractivity contribution in [3.05, 3.63) is 29.6 Å². The van der Waals surface area contributed by atoms with Crippen LogP contribution in [0.2, 0.25) is 0 Å². The molecular weight excluding hydrogens is 230 g/mol. The summed E-state index contributed by atoms with van der Waals surface area (Å²) in [5, 5.41) is 10.4. The highest BCUT2D eigenvalue weighted by Gasteiger charge is 2.22. The predicted octanol–water partition coefficient (Wildman–Crippen LogP) is 2.28. The Bertz CT molecular complexity index is 417. The highest BCUT2D eigenvalue weighted by Crippen LogP contribution is 2.25. The van der Waals surface area contributed by atoms with Gasteiger partial charge in [-0.05, 0) is 6.07 Å². The van der Waals surface area contributed by atoms with Crippen LogP contribution in [0.3, 0.4) is 0 Å². The van der Waals surface area contributed by atoms with Gasteiger partial charge in [-0.1, -0.05) is 19.9 Å². The monoisotopic (exact) mass is 247 g/mol. The Balaban J connectivity index is 2.08. The molecule has 2 rings (SSSR count). The Morgan fingerprint density at radius 3 is 2.82 bits per heavy atom. The fraction of sp³-hybridized carbons (Fsp3) is 0.538. The molecule has 0 aliphatic carbocycles. The second-order valence-electron chi connectivity index (χ2n) is 4.57. The molecule has 4 heteroatoms. The quantitative estimate of drug-likeness (QED) is 0.804. The molecule has 0 amide bonds. The van der Waals surface area contributed by atoms with Gasteiger partial charge >= 0.3 is 0 Å². The molecule has 2 atom stereocenters. The van der Waals surface area contributed by atoms with Crippen molar-refractivity contribution >= 4 is 11.8 Å². The summed E-state index contributed by atoms with van der Waals surface area (Å²) in [5.74, 6) is 0. The van der Waals surface area contributed by atoms with E-state index < -0.39 is 0 Å². The van der Waals surface area contributed by atoms with Gasteiger partial charge in [0.2, 0.25) is 0 Å². The van der Waals surface area contributed by atoms with Crippen molar-refractivity contribution in [1.29, 1.82) is 5.26 Å². The number of nitriles is 1. The molecule has 0 saturated carbocycles. The molecule has 1 aromatic heterocycles. The molecule has 2 heterocycles. The molecule has 0 spiro atoms. The van der Waals surface area contributed by atoms with Gasteiger partial charge in [0.05, 0.1) is 0 Å². The van der Waals surface area contributed by atoms with E-state index in [-0.39, 0.29) is 0 Å². The van der Waals surface area contributed by atoms with Crippen LogP contribution in [0.15, 0.2) is 18.3 Å². The van der Waals surface area contributed by atoms with Gasteiger partial charge in [-0.25, -0.2) is 4.98 Å². The van der Waals surface area contributed by atoms with Crippen molar-refractivity contribution in [2.24, 2.45) is 0 Å². The molecule has 90 valence electrons. The lowest BCUT2D eigenvalue weighted by atomic mass is 10.2. The Morgan fingerprint density at radius 1 is 1.47 bits per heavy atom. The minimum atomic E-state index is 0.561. The normalized spacial score (nSPS) is 25.5. The second-order valence-corrected chi connectivity index (χ2v) is 6.46. The van der Waals surface area contributed by atoms with Crippen molar-refractivity contribution in [2.45, 2.75) is 30.9 Å². The summed E-state index contributed by atoms with van der Waals surface area (Å²) >= 11 is 2.04. The van der Waals surface area contributed by atoms with Crippen LogP contribution in [0, 0.1) is 11.3 Å². The summed E-state index contributed by atoms with van der Waals surface area (Å²) in [7, 11) is 0. The molecule has 1 aliphatic rings. The summed E-state index contributed by atoms with van der Waals surface area (Å²) in [5.41, 5.74) is 1.60. The van der Waals surface area contributed by atoms with Crippen molar-refractivity contribution in [2.75, 3.05) is 13.1 Å². The molecule has 2 unspecified atom stereocenters. The molecular formula is C13H17N3S. The molecule has 17 heavy (non-hydrogen) atoms. The minimum Gasteiger partial charge on any atom is -0.297 e. The summed E-state index contributed by atoms with van der Waals surface area (Å²) in [6, 6.07) is 6.07. The van der Waals surface area contributed by atoms with E-state index in [1.165, 1.54) is 0 Å². The van der Waals surface area contributed by atoms with Gasteiger partial charge in [0.15, 0.2) is 0 Å². The van der Waals surface area contributed by atoms with E-state index >= 15 is 0 Å². The number of hydrogen-bond donors (Lipinski definition) is 0. The highest BCUT2D eigenvalue weighted by molar-refractivity contribution is 8.00. The maximum atomic E-state index is 9.02. The number of hydrogen-bond acceptors (Lipinski definition) is 4. The van der Waals surface area contributed by atoms with E-state index in [1.54, 1.807) is 6.20 Å². The van der Waals surface area contributed by atoms with Crippen molar-refractivity contribution < 1.29 is 0 Å². The molecule has 0 radical (unpaired) electrons. The number of thioether (sulfide) groups is 1. The molecule has 1 aliphatic heterocycles. The fourth-order valence-electron chi connectivity index (χ4n) is 2.32. The van der Waals surface area contributed by atoms with Crippen LogP contribution in [0.25, 0.3) is 0 Å². The number of nitrogens with zero attached hydrogens (tertiary/aromatic N) is 3. The lowest BCUT2D eigenvalue weighted by molar-refractivity contribution is 0.262. The molecule has 0 N–H and O–H groups in total. The maximum absolute atomic E-state index is 9.02. The lowest BCUT2D eigenvalue weighted by Gasteiger charge is -2.34. The van der Waals surface area contributed by atoms with Crippen LogP contribution < -0.4 is 0 Å². The summed E-state index contributed by atoms with van der Waals surface area (Å²) < 4.78 is 0. The SMILES string of the molecule is CC1CN(Cc2cccnc2C#N)CC(C)S1. The summed E-state index contributed by atoms with van der Waals surface area (Å²) in [6.45, 7) is 7.55. The third-order valence-corrected chi connectivity index (χ3v) is 4.11. The average Bonchev–Trinajstić information content (AvgIpc) is 2.28. The van der Waals surface area contributed by atoms with Gasteiger partial charge < -0.3 is 0 Å². The standard InChI is InChI=1S/C13H17N3S/c1-10-7-16(8-11(2)17-10)9-12-4-3-5-15-13(12)6-14/h3-5,10-11H,7-9H2,1-2H3. The smallest absolute Gasteiger partial charge is 0.144 e. The maximum Gasteiger partial charge on any atom is 0.144 e. The van der Waals surface area contributed by atoms with Gasteiger partial charge in [0, 0.05) is 41.9 Å². The Labute approximate surface area is 107 Å². The summed E-state index contributed by atoms with van der Waals surface area (Å²) in [4.78, 5) is 6.53. The Hall–Kier alpha value is -1.05. The average molecular weight is 247 g/mol. The van der Waals surface area contributed by atoms with E-state index in [4.69, 9.17) is 5.26 Å². The second kappa shape index (κ2) is 5.52. The first-order chi connectivity index (χ1) is 8.19. The van der Waals surface area contributed by atoms with Crippen LogP contribution in [0.4, 0.5) is 0 Å². The van der Waals surface area contributed by atoms with E-state index in [0.29, 0.717) is 16.2 Å². The molecule has 3 nitrogen and oxygen atoms in total. The first-order valence-corrected chi connectivity index (χ1v) is 6.85. The lowest BCUT2D eigenvalue weighted by Crippen LogP contribution is -2.39.